The molecule has 0 radical (unpaired) electrons. The summed E-state index contributed by atoms with van der Waals surface area (Å²) in [5, 5.41) is 9.41. The van der Waals surface area contributed by atoms with Gasteiger partial charge in [0.25, 0.3) is 0 Å². The minimum absolute atomic E-state index is 0.121. The molecule has 2 heterocycles. The topological polar surface area (TPSA) is 44.9 Å². The number of nitriles is 1. The minimum atomic E-state index is -0.121. The molecule has 1 fully saturated rings. The fraction of sp³-hybridized carbons (Fsp3) is 0.692. The van der Waals surface area contributed by atoms with Gasteiger partial charge in [0.1, 0.15) is 6.04 Å². The van der Waals surface area contributed by atoms with Gasteiger partial charge < -0.3 is 4.57 Å². The van der Waals surface area contributed by atoms with Crippen LogP contribution >= 0.6 is 0 Å². The van der Waals surface area contributed by atoms with Crippen molar-refractivity contribution in [2.75, 3.05) is 13.1 Å². The third kappa shape index (κ3) is 2.67. The fourth-order valence-corrected chi connectivity index (χ4v) is 2.50. The molecule has 0 N–H and O–H groups in total. The number of piperidine rings is 1. The molecule has 1 aliphatic rings. The lowest BCUT2D eigenvalue weighted by Crippen LogP contribution is -2.34. The molecule has 2 rings (SSSR count). The van der Waals surface area contributed by atoms with Crippen molar-refractivity contribution in [1.82, 2.24) is 14.5 Å². The Bertz CT molecular complexity index is 384. The van der Waals surface area contributed by atoms with Crippen LogP contribution < -0.4 is 0 Å². The monoisotopic (exact) mass is 232 g/mol. The van der Waals surface area contributed by atoms with E-state index in [1.165, 1.54) is 19.3 Å². The molecule has 0 amide bonds. The first-order valence-corrected chi connectivity index (χ1v) is 6.50. The van der Waals surface area contributed by atoms with Gasteiger partial charge in [0.2, 0.25) is 0 Å². The van der Waals surface area contributed by atoms with E-state index in [-0.39, 0.29) is 6.04 Å². The zero-order valence-electron chi connectivity index (χ0n) is 10.5. The zero-order valence-corrected chi connectivity index (χ0v) is 10.5. The quantitative estimate of drug-likeness (QED) is 0.800. The van der Waals surface area contributed by atoms with E-state index in [2.05, 4.69) is 27.4 Å². The van der Waals surface area contributed by atoms with Crippen molar-refractivity contribution in [2.45, 2.75) is 45.2 Å². The SMILES string of the molecule is CCCn1cncc1C(C#N)N1CCCCC1. The van der Waals surface area contributed by atoms with Gasteiger partial charge >= 0.3 is 0 Å². The fourth-order valence-electron chi connectivity index (χ4n) is 2.50. The van der Waals surface area contributed by atoms with Crippen LogP contribution in [0.3, 0.4) is 0 Å². The molecular formula is C13H20N4. The maximum atomic E-state index is 9.41. The van der Waals surface area contributed by atoms with Crippen LogP contribution in [0.5, 0.6) is 0 Å². The molecule has 4 nitrogen and oxygen atoms in total. The molecule has 1 saturated heterocycles. The minimum Gasteiger partial charge on any atom is -0.332 e. The van der Waals surface area contributed by atoms with Crippen molar-refractivity contribution >= 4 is 0 Å². The van der Waals surface area contributed by atoms with Crippen LogP contribution in [0.2, 0.25) is 0 Å². The van der Waals surface area contributed by atoms with E-state index < -0.39 is 0 Å². The summed E-state index contributed by atoms with van der Waals surface area (Å²) < 4.78 is 2.11. The van der Waals surface area contributed by atoms with Gasteiger partial charge in [-0.15, -0.1) is 0 Å². The molecule has 1 unspecified atom stereocenters. The number of rotatable bonds is 4. The number of aromatic nitrogens is 2. The largest absolute Gasteiger partial charge is 0.332 e. The van der Waals surface area contributed by atoms with Crippen LogP contribution in [0.1, 0.15) is 44.3 Å². The lowest BCUT2D eigenvalue weighted by molar-refractivity contribution is 0.190. The number of aryl methyl sites for hydroxylation is 1. The van der Waals surface area contributed by atoms with E-state index in [1.54, 1.807) is 0 Å². The second-order valence-corrected chi connectivity index (χ2v) is 4.64. The number of imidazole rings is 1. The third-order valence-electron chi connectivity index (χ3n) is 3.37. The van der Waals surface area contributed by atoms with Crippen molar-refractivity contribution in [1.29, 1.82) is 5.26 Å². The lowest BCUT2D eigenvalue weighted by atomic mass is 10.1. The van der Waals surface area contributed by atoms with Crippen molar-refractivity contribution < 1.29 is 0 Å². The Morgan fingerprint density at radius 2 is 2.18 bits per heavy atom. The maximum Gasteiger partial charge on any atom is 0.140 e. The number of nitrogens with zero attached hydrogens (tertiary/aromatic N) is 4. The number of hydrogen-bond donors (Lipinski definition) is 0. The summed E-state index contributed by atoms with van der Waals surface area (Å²) in [5.41, 5.74) is 1.05. The van der Waals surface area contributed by atoms with Crippen LogP contribution in [0.25, 0.3) is 0 Å². The maximum absolute atomic E-state index is 9.41. The predicted octanol–water partition coefficient (Wildman–Crippen LogP) is 2.34. The third-order valence-corrected chi connectivity index (χ3v) is 3.37. The second-order valence-electron chi connectivity index (χ2n) is 4.64. The zero-order chi connectivity index (χ0) is 12.1. The summed E-state index contributed by atoms with van der Waals surface area (Å²) in [6.07, 6.45) is 8.47. The highest BCUT2D eigenvalue weighted by Crippen LogP contribution is 2.23. The van der Waals surface area contributed by atoms with Gasteiger partial charge in [0.15, 0.2) is 0 Å². The van der Waals surface area contributed by atoms with Crippen molar-refractivity contribution in [3.8, 4) is 6.07 Å². The van der Waals surface area contributed by atoms with Crippen LogP contribution in [0.15, 0.2) is 12.5 Å². The summed E-state index contributed by atoms with van der Waals surface area (Å²) in [5.74, 6) is 0. The Balaban J connectivity index is 2.16. The highest BCUT2D eigenvalue weighted by molar-refractivity contribution is 5.14. The first kappa shape index (κ1) is 12.1. The summed E-state index contributed by atoms with van der Waals surface area (Å²) in [6.45, 7) is 5.17. The Morgan fingerprint density at radius 1 is 1.41 bits per heavy atom. The Labute approximate surface area is 103 Å². The second kappa shape index (κ2) is 5.83. The molecule has 0 aliphatic carbocycles. The molecule has 0 saturated carbocycles. The summed E-state index contributed by atoms with van der Waals surface area (Å²) >= 11 is 0. The van der Waals surface area contributed by atoms with Crippen molar-refractivity contribution in [3.63, 3.8) is 0 Å². The van der Waals surface area contributed by atoms with Gasteiger partial charge in [-0.25, -0.2) is 4.98 Å². The molecule has 17 heavy (non-hydrogen) atoms. The van der Waals surface area contributed by atoms with Gasteiger partial charge in [-0.1, -0.05) is 13.3 Å². The van der Waals surface area contributed by atoms with Crippen LogP contribution in [-0.4, -0.2) is 27.5 Å². The van der Waals surface area contributed by atoms with Crippen molar-refractivity contribution in [3.05, 3.63) is 18.2 Å². The number of hydrogen-bond acceptors (Lipinski definition) is 3. The smallest absolute Gasteiger partial charge is 0.140 e. The number of likely N-dealkylation sites (tertiary alicyclic amines) is 1. The molecule has 92 valence electrons. The van der Waals surface area contributed by atoms with Crippen LogP contribution in [0, 0.1) is 11.3 Å². The highest BCUT2D eigenvalue weighted by Gasteiger charge is 2.24. The molecule has 1 atom stereocenters. The van der Waals surface area contributed by atoms with E-state index in [1.807, 2.05) is 12.5 Å². The van der Waals surface area contributed by atoms with Gasteiger partial charge in [-0.2, -0.15) is 5.26 Å². The van der Waals surface area contributed by atoms with Crippen LogP contribution in [0.4, 0.5) is 0 Å². The van der Waals surface area contributed by atoms with Gasteiger partial charge in [0, 0.05) is 6.54 Å². The van der Waals surface area contributed by atoms with E-state index in [9.17, 15) is 5.26 Å². The van der Waals surface area contributed by atoms with E-state index >= 15 is 0 Å². The molecule has 0 spiro atoms. The molecule has 1 aliphatic heterocycles. The average molecular weight is 232 g/mol. The molecule has 4 heteroatoms. The average Bonchev–Trinajstić information content (AvgIpc) is 2.81. The Kier molecular flexibility index (Phi) is 4.16. The molecule has 0 aromatic carbocycles. The summed E-state index contributed by atoms with van der Waals surface area (Å²) in [4.78, 5) is 6.47. The first-order chi connectivity index (χ1) is 8.36. The van der Waals surface area contributed by atoms with E-state index in [0.717, 1.165) is 31.7 Å². The Hall–Kier alpha value is -1.34. The normalized spacial score (nSPS) is 18.8. The van der Waals surface area contributed by atoms with E-state index in [0.29, 0.717) is 0 Å². The molecular weight excluding hydrogens is 212 g/mol. The molecule has 0 bridgehead atoms. The summed E-state index contributed by atoms with van der Waals surface area (Å²) in [6, 6.07) is 2.32. The van der Waals surface area contributed by atoms with Crippen molar-refractivity contribution in [2.24, 2.45) is 0 Å². The van der Waals surface area contributed by atoms with Gasteiger partial charge in [-0.3, -0.25) is 4.90 Å². The molecule has 1 aromatic rings. The van der Waals surface area contributed by atoms with Crippen LogP contribution in [-0.2, 0) is 6.54 Å². The lowest BCUT2D eigenvalue weighted by Gasteiger charge is -2.30. The predicted molar refractivity (Wildman–Crippen MR) is 66.3 cm³/mol. The van der Waals surface area contributed by atoms with E-state index in [4.69, 9.17) is 0 Å². The van der Waals surface area contributed by atoms with Gasteiger partial charge in [0.05, 0.1) is 24.3 Å². The first-order valence-electron chi connectivity index (χ1n) is 6.50. The molecule has 1 aromatic heterocycles. The highest BCUT2D eigenvalue weighted by atomic mass is 15.2. The standard InChI is InChI=1S/C13H20N4/c1-2-6-17-11-15-10-13(17)12(9-14)16-7-4-3-5-8-16/h10-12H,2-8H2,1H3. The summed E-state index contributed by atoms with van der Waals surface area (Å²) in [7, 11) is 0. The Morgan fingerprint density at radius 3 is 2.82 bits per heavy atom. The van der Waals surface area contributed by atoms with Gasteiger partial charge in [-0.05, 0) is 32.4 Å².